The number of anilines is 1. The Hall–Kier alpha value is -1.84. The minimum absolute atomic E-state index is 0.272. The molecule has 100 valence electrons. The van der Waals surface area contributed by atoms with Crippen molar-refractivity contribution >= 4 is 21.6 Å². The van der Waals surface area contributed by atoms with E-state index in [2.05, 4.69) is 11.8 Å². The van der Waals surface area contributed by atoms with E-state index in [0.717, 1.165) is 4.31 Å². The molecule has 1 saturated heterocycles. The number of aliphatic hydroxyl groups excluding tert-OH is 1. The molecule has 1 aromatic rings. The Kier molecular flexibility index (Phi) is 3.12. The van der Waals surface area contributed by atoms with E-state index in [9.17, 15) is 13.2 Å². The quantitative estimate of drug-likeness (QED) is 0.759. The van der Waals surface area contributed by atoms with Crippen LogP contribution in [0.15, 0.2) is 24.3 Å². The molecule has 1 aliphatic rings. The van der Waals surface area contributed by atoms with Crippen LogP contribution in [0.4, 0.5) is 5.69 Å². The van der Waals surface area contributed by atoms with E-state index in [1.807, 2.05) is 0 Å². The second-order valence-electron chi connectivity index (χ2n) is 4.60. The summed E-state index contributed by atoms with van der Waals surface area (Å²) in [6.07, 6.45) is 0. The average Bonchev–Trinajstić information content (AvgIpc) is 2.36. The molecule has 0 spiro atoms. The summed E-state index contributed by atoms with van der Waals surface area (Å²) in [5.41, 5.74) is 0.813. The first kappa shape index (κ1) is 13.6. The number of amides is 1. The maximum Gasteiger partial charge on any atom is 0.263 e. The molecule has 0 atom stereocenters. The van der Waals surface area contributed by atoms with Gasteiger partial charge in [0, 0.05) is 5.56 Å². The zero-order chi connectivity index (χ0) is 14.3. The van der Waals surface area contributed by atoms with Gasteiger partial charge < -0.3 is 5.11 Å². The van der Waals surface area contributed by atoms with E-state index in [4.69, 9.17) is 5.11 Å². The van der Waals surface area contributed by atoms with Gasteiger partial charge in [-0.2, -0.15) is 0 Å². The molecule has 1 heterocycles. The predicted molar refractivity (Wildman–Crippen MR) is 70.9 cm³/mol. The number of aliphatic hydroxyl groups is 1. The number of hydrogen-bond acceptors (Lipinski definition) is 4. The maximum atomic E-state index is 12.0. The van der Waals surface area contributed by atoms with Gasteiger partial charge in [-0.3, -0.25) is 4.79 Å². The minimum atomic E-state index is -3.65. The zero-order valence-corrected chi connectivity index (χ0v) is 11.4. The molecule has 0 radical (unpaired) electrons. The fourth-order valence-electron chi connectivity index (χ4n) is 1.76. The molecule has 1 fully saturated rings. The molecule has 19 heavy (non-hydrogen) atoms. The summed E-state index contributed by atoms with van der Waals surface area (Å²) in [7, 11) is -3.65. The highest BCUT2D eigenvalue weighted by molar-refractivity contribution is 7.98. The van der Waals surface area contributed by atoms with Crippen molar-refractivity contribution in [2.45, 2.75) is 18.6 Å². The molecular weight excluding hydrogens is 266 g/mol. The number of carbonyl (C=O) groups excluding carboxylic acids is 1. The van der Waals surface area contributed by atoms with Crippen molar-refractivity contribution in [1.29, 1.82) is 0 Å². The van der Waals surface area contributed by atoms with Crippen LogP contribution in [-0.4, -0.2) is 30.8 Å². The van der Waals surface area contributed by atoms with Crippen LogP contribution in [-0.2, 0) is 14.8 Å². The summed E-state index contributed by atoms with van der Waals surface area (Å²) in [6, 6.07) is 6.33. The minimum Gasteiger partial charge on any atom is -0.384 e. The van der Waals surface area contributed by atoms with Crippen molar-refractivity contribution in [3.8, 4) is 11.8 Å². The average molecular weight is 279 g/mol. The van der Waals surface area contributed by atoms with Gasteiger partial charge in [0.25, 0.3) is 15.9 Å². The summed E-state index contributed by atoms with van der Waals surface area (Å²) in [5, 5.41) is 8.62. The lowest BCUT2D eigenvalue weighted by molar-refractivity contribution is -0.120. The third kappa shape index (κ3) is 1.91. The summed E-state index contributed by atoms with van der Waals surface area (Å²) in [4.78, 5) is 11.9. The largest absolute Gasteiger partial charge is 0.384 e. The van der Waals surface area contributed by atoms with Crippen LogP contribution >= 0.6 is 0 Å². The lowest BCUT2D eigenvalue weighted by atomic mass is 10.1. The van der Waals surface area contributed by atoms with Crippen LogP contribution in [0.5, 0.6) is 0 Å². The Bertz CT molecular complexity index is 695. The molecule has 0 aliphatic carbocycles. The number of rotatable bonds is 1. The van der Waals surface area contributed by atoms with Crippen LogP contribution in [0.3, 0.4) is 0 Å². The highest BCUT2D eigenvalue weighted by Gasteiger charge is 2.60. The number of carbonyl (C=O) groups is 1. The Labute approximate surface area is 111 Å². The predicted octanol–water partition coefficient (Wildman–Crippen LogP) is 0.485. The zero-order valence-electron chi connectivity index (χ0n) is 10.5. The fraction of sp³-hybridized carbons (Fsp3) is 0.308. The van der Waals surface area contributed by atoms with Gasteiger partial charge in [-0.05, 0) is 32.0 Å². The Morgan fingerprint density at radius 3 is 2.63 bits per heavy atom. The van der Waals surface area contributed by atoms with Gasteiger partial charge in [-0.15, -0.1) is 0 Å². The van der Waals surface area contributed by atoms with E-state index in [-0.39, 0.29) is 12.3 Å². The lowest BCUT2D eigenvalue weighted by Gasteiger charge is -2.42. The monoisotopic (exact) mass is 279 g/mol. The molecule has 1 amide bonds. The third-order valence-corrected chi connectivity index (χ3v) is 5.30. The molecule has 1 N–H and O–H groups in total. The van der Waals surface area contributed by atoms with Crippen molar-refractivity contribution in [3.05, 3.63) is 29.8 Å². The summed E-state index contributed by atoms with van der Waals surface area (Å²) < 4.78 is 23.5. The molecule has 0 bridgehead atoms. The molecule has 6 heteroatoms. The fourth-order valence-corrected chi connectivity index (χ4v) is 3.23. The Morgan fingerprint density at radius 1 is 1.37 bits per heavy atom. The second-order valence-corrected chi connectivity index (χ2v) is 6.93. The summed E-state index contributed by atoms with van der Waals surface area (Å²) >= 11 is 0. The molecule has 0 aromatic heterocycles. The molecule has 0 saturated carbocycles. The Balaban J connectivity index is 2.43. The molecule has 5 nitrogen and oxygen atoms in total. The van der Waals surface area contributed by atoms with Crippen molar-refractivity contribution in [3.63, 3.8) is 0 Å². The van der Waals surface area contributed by atoms with E-state index in [0.29, 0.717) is 5.56 Å². The van der Waals surface area contributed by atoms with Gasteiger partial charge in [0.1, 0.15) is 6.61 Å². The third-order valence-electron chi connectivity index (χ3n) is 2.98. The maximum absolute atomic E-state index is 12.0. The normalized spacial score (nSPS) is 19.3. The van der Waals surface area contributed by atoms with Gasteiger partial charge in [0.15, 0.2) is 4.75 Å². The highest BCUT2D eigenvalue weighted by atomic mass is 32.2. The van der Waals surface area contributed by atoms with E-state index in [1.165, 1.54) is 26.0 Å². The van der Waals surface area contributed by atoms with Crippen molar-refractivity contribution < 1.29 is 18.3 Å². The number of sulfonamides is 1. The molecular formula is C13H13NO4S. The van der Waals surface area contributed by atoms with Crippen LogP contribution in [0.2, 0.25) is 0 Å². The standard InChI is InChI=1S/C13H13NO4S/c1-13(2)12(16)14(19(13,17)18)11-7-3-5-10(9-11)6-4-8-15/h3,5,7,9,15H,8H2,1-2H3. The first-order valence-corrected chi connectivity index (χ1v) is 7.05. The van der Waals surface area contributed by atoms with Crippen LogP contribution < -0.4 is 4.31 Å². The Morgan fingerprint density at radius 2 is 2.05 bits per heavy atom. The molecule has 1 aliphatic heterocycles. The van der Waals surface area contributed by atoms with Gasteiger partial charge in [0.05, 0.1) is 5.69 Å². The van der Waals surface area contributed by atoms with Gasteiger partial charge in [-0.25, -0.2) is 12.7 Å². The molecule has 2 rings (SSSR count). The number of nitrogens with zero attached hydrogens (tertiary/aromatic N) is 1. The summed E-state index contributed by atoms with van der Waals surface area (Å²) in [5.74, 6) is 4.68. The van der Waals surface area contributed by atoms with Gasteiger partial charge in [0.2, 0.25) is 0 Å². The van der Waals surface area contributed by atoms with E-state index in [1.54, 1.807) is 12.1 Å². The van der Waals surface area contributed by atoms with Crippen molar-refractivity contribution in [1.82, 2.24) is 0 Å². The van der Waals surface area contributed by atoms with E-state index >= 15 is 0 Å². The first-order chi connectivity index (χ1) is 8.82. The highest BCUT2D eigenvalue weighted by Crippen LogP contribution is 2.38. The molecule has 0 unspecified atom stereocenters. The van der Waals surface area contributed by atoms with Gasteiger partial charge >= 0.3 is 0 Å². The van der Waals surface area contributed by atoms with Crippen molar-refractivity contribution in [2.75, 3.05) is 10.9 Å². The van der Waals surface area contributed by atoms with Gasteiger partial charge in [-0.1, -0.05) is 17.9 Å². The van der Waals surface area contributed by atoms with Crippen LogP contribution in [0, 0.1) is 11.8 Å². The van der Waals surface area contributed by atoms with Crippen LogP contribution in [0.1, 0.15) is 19.4 Å². The van der Waals surface area contributed by atoms with Crippen LogP contribution in [0.25, 0.3) is 0 Å². The number of benzene rings is 1. The summed E-state index contributed by atoms with van der Waals surface area (Å²) in [6.45, 7) is 2.49. The SMILES string of the molecule is CC1(C)C(=O)N(c2cccc(C#CCO)c2)S1(=O)=O. The topological polar surface area (TPSA) is 74.7 Å². The first-order valence-electron chi connectivity index (χ1n) is 5.61. The lowest BCUT2D eigenvalue weighted by Crippen LogP contribution is -2.67. The smallest absolute Gasteiger partial charge is 0.263 e. The second kappa shape index (κ2) is 4.37. The number of hydrogen-bond donors (Lipinski definition) is 1. The van der Waals surface area contributed by atoms with E-state index < -0.39 is 20.7 Å². The van der Waals surface area contributed by atoms with Crippen molar-refractivity contribution in [2.24, 2.45) is 0 Å². The molecule has 1 aromatic carbocycles.